The number of rotatable bonds is 2. The van der Waals surface area contributed by atoms with Crippen molar-refractivity contribution in [1.82, 2.24) is 20.2 Å². The fourth-order valence-electron chi connectivity index (χ4n) is 1.90. The van der Waals surface area contributed by atoms with Crippen LogP contribution in [0.15, 0.2) is 42.5 Å². The van der Waals surface area contributed by atoms with Gasteiger partial charge in [0, 0.05) is 11.3 Å². The van der Waals surface area contributed by atoms with Crippen molar-refractivity contribution >= 4 is 28.9 Å². The summed E-state index contributed by atoms with van der Waals surface area (Å²) in [6.45, 7) is 0. The summed E-state index contributed by atoms with van der Waals surface area (Å²) in [4.78, 5) is 0. The molecule has 0 bridgehead atoms. The number of hydrogen-bond acceptors (Lipinski definition) is 4. The van der Waals surface area contributed by atoms with E-state index in [0.717, 1.165) is 0 Å². The lowest BCUT2D eigenvalue weighted by molar-refractivity contribution is 0.791. The van der Waals surface area contributed by atoms with E-state index in [1.54, 1.807) is 24.3 Å². The first-order chi connectivity index (χ1) is 9.68. The molecule has 2 aromatic carbocycles. The van der Waals surface area contributed by atoms with E-state index < -0.39 is 0 Å². The van der Waals surface area contributed by atoms with Crippen LogP contribution in [0.25, 0.3) is 17.1 Å². The minimum atomic E-state index is 0.459. The van der Waals surface area contributed by atoms with Crippen LogP contribution in [0, 0.1) is 0 Å². The van der Waals surface area contributed by atoms with Gasteiger partial charge in [-0.3, -0.25) is 0 Å². The summed E-state index contributed by atoms with van der Waals surface area (Å²) in [5.74, 6) is 0.484. The van der Waals surface area contributed by atoms with Crippen molar-refractivity contribution in [2.75, 3.05) is 5.73 Å². The van der Waals surface area contributed by atoms with E-state index in [0.29, 0.717) is 32.8 Å². The maximum absolute atomic E-state index is 6.19. The highest BCUT2D eigenvalue weighted by atomic mass is 35.5. The molecule has 0 saturated heterocycles. The van der Waals surface area contributed by atoms with Gasteiger partial charge in [-0.15, -0.1) is 5.10 Å². The molecule has 1 aromatic heterocycles. The molecule has 3 aromatic rings. The molecular weight excluding hydrogens is 297 g/mol. The highest BCUT2D eigenvalue weighted by Gasteiger charge is 2.17. The maximum Gasteiger partial charge on any atom is 0.189 e. The standard InChI is InChI=1S/C13H9Cl2N5/c14-9-5-3-6-10(15)12(9)20-13(17-18-19-20)8-4-1-2-7-11(8)16/h1-7H,16H2. The molecule has 0 amide bonds. The molecule has 20 heavy (non-hydrogen) atoms. The third kappa shape index (κ3) is 2.11. The van der Waals surface area contributed by atoms with Crippen molar-refractivity contribution in [2.24, 2.45) is 0 Å². The molecule has 0 radical (unpaired) electrons. The van der Waals surface area contributed by atoms with Crippen LogP contribution in [-0.4, -0.2) is 20.2 Å². The average Bonchev–Trinajstić information content (AvgIpc) is 2.88. The van der Waals surface area contributed by atoms with Gasteiger partial charge >= 0.3 is 0 Å². The van der Waals surface area contributed by atoms with Gasteiger partial charge in [0.1, 0.15) is 5.69 Å². The van der Waals surface area contributed by atoms with Gasteiger partial charge in [0.25, 0.3) is 0 Å². The third-order valence-corrected chi connectivity index (χ3v) is 3.43. The second-order valence-electron chi connectivity index (χ2n) is 4.07. The molecule has 0 spiro atoms. The lowest BCUT2D eigenvalue weighted by Gasteiger charge is -2.09. The maximum atomic E-state index is 6.19. The van der Waals surface area contributed by atoms with Gasteiger partial charge in [-0.1, -0.05) is 41.4 Å². The van der Waals surface area contributed by atoms with Gasteiger partial charge < -0.3 is 5.73 Å². The van der Waals surface area contributed by atoms with E-state index in [-0.39, 0.29) is 0 Å². The third-order valence-electron chi connectivity index (χ3n) is 2.82. The lowest BCUT2D eigenvalue weighted by atomic mass is 10.1. The number of nitrogens with zero attached hydrogens (tertiary/aromatic N) is 4. The number of anilines is 1. The van der Waals surface area contributed by atoms with Crippen LogP contribution in [0.1, 0.15) is 0 Å². The summed E-state index contributed by atoms with van der Waals surface area (Å²) in [5, 5.41) is 12.6. The minimum Gasteiger partial charge on any atom is -0.398 e. The number of hydrogen-bond donors (Lipinski definition) is 1. The molecule has 0 fully saturated rings. The van der Waals surface area contributed by atoms with E-state index in [1.807, 2.05) is 18.2 Å². The molecule has 3 rings (SSSR count). The van der Waals surface area contributed by atoms with Crippen LogP contribution in [0.4, 0.5) is 5.69 Å². The summed E-state index contributed by atoms with van der Waals surface area (Å²) in [6.07, 6.45) is 0. The van der Waals surface area contributed by atoms with Crippen molar-refractivity contribution in [1.29, 1.82) is 0 Å². The Morgan fingerprint density at radius 3 is 2.35 bits per heavy atom. The second kappa shape index (κ2) is 5.11. The molecule has 0 atom stereocenters. The summed E-state index contributed by atoms with van der Waals surface area (Å²) in [7, 11) is 0. The van der Waals surface area contributed by atoms with Crippen LogP contribution in [0.3, 0.4) is 0 Å². The summed E-state index contributed by atoms with van der Waals surface area (Å²) < 4.78 is 1.48. The molecule has 1 heterocycles. The van der Waals surface area contributed by atoms with E-state index in [4.69, 9.17) is 28.9 Å². The zero-order valence-corrected chi connectivity index (χ0v) is 11.7. The summed E-state index contributed by atoms with van der Waals surface area (Å²) >= 11 is 12.4. The Hall–Kier alpha value is -2.11. The minimum absolute atomic E-state index is 0.459. The van der Waals surface area contributed by atoms with E-state index in [9.17, 15) is 0 Å². The van der Waals surface area contributed by atoms with Gasteiger partial charge in [0.2, 0.25) is 0 Å². The molecule has 2 N–H and O–H groups in total. The first-order valence-electron chi connectivity index (χ1n) is 5.76. The Bertz CT molecular complexity index is 749. The lowest BCUT2D eigenvalue weighted by Crippen LogP contribution is -2.03. The topological polar surface area (TPSA) is 69.6 Å². The van der Waals surface area contributed by atoms with Crippen LogP contribution >= 0.6 is 23.2 Å². The molecule has 0 saturated carbocycles. The number of halogens is 2. The van der Waals surface area contributed by atoms with Crippen molar-refractivity contribution in [2.45, 2.75) is 0 Å². The Morgan fingerprint density at radius 1 is 0.950 bits per heavy atom. The monoisotopic (exact) mass is 305 g/mol. The Labute approximate surface area is 124 Å². The molecule has 0 aliphatic heterocycles. The van der Waals surface area contributed by atoms with Crippen molar-refractivity contribution in [3.63, 3.8) is 0 Å². The molecule has 0 aliphatic carbocycles. The summed E-state index contributed by atoms with van der Waals surface area (Å²) in [6, 6.07) is 12.5. The van der Waals surface area contributed by atoms with E-state index in [2.05, 4.69) is 15.5 Å². The largest absolute Gasteiger partial charge is 0.398 e. The summed E-state index contributed by atoms with van der Waals surface area (Å²) in [5.41, 5.74) is 7.78. The molecular formula is C13H9Cl2N5. The van der Waals surface area contributed by atoms with Crippen LogP contribution < -0.4 is 5.73 Å². The number of benzene rings is 2. The van der Waals surface area contributed by atoms with E-state index >= 15 is 0 Å². The zero-order chi connectivity index (χ0) is 14.1. The van der Waals surface area contributed by atoms with Gasteiger partial charge in [0.15, 0.2) is 5.82 Å². The van der Waals surface area contributed by atoms with Gasteiger partial charge in [-0.05, 0) is 34.7 Å². The van der Waals surface area contributed by atoms with Gasteiger partial charge in [0.05, 0.1) is 10.0 Å². The van der Waals surface area contributed by atoms with Crippen molar-refractivity contribution in [3.8, 4) is 17.1 Å². The van der Waals surface area contributed by atoms with Crippen molar-refractivity contribution < 1.29 is 0 Å². The van der Waals surface area contributed by atoms with Gasteiger partial charge in [-0.25, -0.2) is 0 Å². The number of nitrogen functional groups attached to an aromatic ring is 1. The van der Waals surface area contributed by atoms with Crippen LogP contribution in [0.5, 0.6) is 0 Å². The highest BCUT2D eigenvalue weighted by Crippen LogP contribution is 2.32. The Balaban J connectivity index is 2.24. The fraction of sp³-hybridized carbons (Fsp3) is 0. The zero-order valence-electron chi connectivity index (χ0n) is 10.2. The van der Waals surface area contributed by atoms with Crippen molar-refractivity contribution in [3.05, 3.63) is 52.5 Å². The van der Waals surface area contributed by atoms with Crippen LogP contribution in [0.2, 0.25) is 10.0 Å². The number of nitrogens with two attached hydrogens (primary N) is 1. The van der Waals surface area contributed by atoms with Crippen LogP contribution in [-0.2, 0) is 0 Å². The number of aromatic nitrogens is 4. The predicted octanol–water partition coefficient (Wildman–Crippen LogP) is 3.22. The SMILES string of the molecule is Nc1ccccc1-c1nnnn1-c1c(Cl)cccc1Cl. The molecule has 5 nitrogen and oxygen atoms in total. The molecule has 0 aliphatic rings. The molecule has 100 valence electrons. The average molecular weight is 306 g/mol. The predicted molar refractivity (Wildman–Crippen MR) is 79.0 cm³/mol. The Morgan fingerprint density at radius 2 is 1.65 bits per heavy atom. The normalized spacial score (nSPS) is 10.7. The smallest absolute Gasteiger partial charge is 0.189 e. The highest BCUT2D eigenvalue weighted by molar-refractivity contribution is 6.37. The number of para-hydroxylation sites is 2. The van der Waals surface area contributed by atoms with Gasteiger partial charge in [-0.2, -0.15) is 4.68 Å². The second-order valence-corrected chi connectivity index (χ2v) is 4.89. The number of tetrazole rings is 1. The molecule has 0 unspecified atom stereocenters. The quantitative estimate of drug-likeness (QED) is 0.738. The Kier molecular flexibility index (Phi) is 3.30. The first-order valence-corrected chi connectivity index (χ1v) is 6.51. The first kappa shape index (κ1) is 12.9. The fourth-order valence-corrected chi connectivity index (χ4v) is 2.46. The molecule has 7 heteroatoms. The van der Waals surface area contributed by atoms with E-state index in [1.165, 1.54) is 4.68 Å².